The van der Waals surface area contributed by atoms with E-state index < -0.39 is 0 Å². The Balaban J connectivity index is 1.66. The fraction of sp³-hybridized carbons (Fsp3) is 0.786. The molecule has 1 saturated heterocycles. The van der Waals surface area contributed by atoms with Gasteiger partial charge >= 0.3 is 6.03 Å². The number of hydrogen-bond donors (Lipinski definition) is 2. The average Bonchev–Trinajstić information content (AvgIpc) is 2.93. The molecule has 5 heteroatoms. The predicted octanol–water partition coefficient (Wildman–Crippen LogP) is 0.976. The van der Waals surface area contributed by atoms with E-state index in [1.54, 1.807) is 0 Å². The Hall–Kier alpha value is -1.07. The lowest BCUT2D eigenvalue weighted by molar-refractivity contribution is 0.143. The lowest BCUT2D eigenvalue weighted by atomic mass is 10.1. The Kier molecular flexibility index (Phi) is 5.66. The summed E-state index contributed by atoms with van der Waals surface area (Å²) >= 11 is 0. The summed E-state index contributed by atoms with van der Waals surface area (Å²) < 4.78 is 0. The molecule has 2 rings (SSSR count). The van der Waals surface area contributed by atoms with Gasteiger partial charge in [-0.2, -0.15) is 0 Å². The van der Waals surface area contributed by atoms with Gasteiger partial charge in [-0.15, -0.1) is 0 Å². The largest absolute Gasteiger partial charge is 0.329 e. The molecule has 3 N–H and O–H groups in total. The molecule has 5 nitrogen and oxygen atoms in total. The molecule has 0 bridgehead atoms. The molecule has 0 unspecified atom stereocenters. The van der Waals surface area contributed by atoms with E-state index in [0.717, 1.165) is 32.7 Å². The normalized spacial score (nSPS) is 22.3. The second-order valence-electron chi connectivity index (χ2n) is 5.47. The molecule has 2 aliphatic rings. The first-order valence-electron chi connectivity index (χ1n) is 7.44. The molecule has 2 fully saturated rings. The maximum absolute atomic E-state index is 12.0. The quantitative estimate of drug-likeness (QED) is 0.797. The fourth-order valence-corrected chi connectivity index (χ4v) is 2.85. The van der Waals surface area contributed by atoms with Crippen LogP contribution in [0.2, 0.25) is 0 Å². The van der Waals surface area contributed by atoms with Gasteiger partial charge in [0.2, 0.25) is 0 Å². The number of carbonyl (C=O) groups is 1. The summed E-state index contributed by atoms with van der Waals surface area (Å²) in [4.78, 5) is 16.1. The molecule has 1 aliphatic carbocycles. The summed E-state index contributed by atoms with van der Waals surface area (Å²) in [6, 6.07) is 0.0293. The molecular weight excluding hydrogens is 240 g/mol. The molecule has 1 saturated carbocycles. The third kappa shape index (κ3) is 4.51. The van der Waals surface area contributed by atoms with E-state index >= 15 is 0 Å². The van der Waals surface area contributed by atoms with Gasteiger partial charge in [0.15, 0.2) is 0 Å². The van der Waals surface area contributed by atoms with Crippen molar-refractivity contribution in [3.63, 3.8) is 0 Å². The molecular formula is C14H26N4O. The van der Waals surface area contributed by atoms with Gasteiger partial charge in [-0.05, 0) is 18.8 Å². The zero-order chi connectivity index (χ0) is 13.5. The van der Waals surface area contributed by atoms with Crippen molar-refractivity contribution in [2.45, 2.75) is 25.7 Å². The van der Waals surface area contributed by atoms with Gasteiger partial charge in [0, 0.05) is 45.5 Å². The Morgan fingerprint density at radius 2 is 1.89 bits per heavy atom. The van der Waals surface area contributed by atoms with Crippen molar-refractivity contribution in [2.24, 2.45) is 11.7 Å². The topological polar surface area (TPSA) is 61.6 Å². The van der Waals surface area contributed by atoms with Crippen molar-refractivity contribution >= 4 is 6.03 Å². The maximum Gasteiger partial charge on any atom is 0.321 e. The number of rotatable bonds is 4. The lowest BCUT2D eigenvalue weighted by Gasteiger charge is -2.34. The van der Waals surface area contributed by atoms with Crippen LogP contribution in [0.3, 0.4) is 0 Å². The van der Waals surface area contributed by atoms with E-state index in [9.17, 15) is 4.79 Å². The summed E-state index contributed by atoms with van der Waals surface area (Å²) in [5, 5.41) is 2.89. The number of hydrogen-bond acceptors (Lipinski definition) is 3. The molecule has 2 amide bonds. The van der Waals surface area contributed by atoms with Crippen molar-refractivity contribution in [3.8, 4) is 0 Å². The van der Waals surface area contributed by atoms with Crippen molar-refractivity contribution < 1.29 is 4.79 Å². The summed E-state index contributed by atoms with van der Waals surface area (Å²) in [7, 11) is 0. The van der Waals surface area contributed by atoms with E-state index in [1.807, 2.05) is 11.1 Å². The second-order valence-corrected chi connectivity index (χ2v) is 5.47. The highest BCUT2D eigenvalue weighted by molar-refractivity contribution is 5.75. The van der Waals surface area contributed by atoms with Crippen LogP contribution in [0.15, 0.2) is 12.3 Å². The number of carbonyl (C=O) groups excluding carboxylic acids is 1. The van der Waals surface area contributed by atoms with Gasteiger partial charge in [-0.1, -0.05) is 18.9 Å². The molecule has 0 aromatic carbocycles. The van der Waals surface area contributed by atoms with Gasteiger partial charge in [-0.25, -0.2) is 4.79 Å². The van der Waals surface area contributed by atoms with E-state index in [1.165, 1.54) is 25.7 Å². The molecule has 1 heterocycles. The van der Waals surface area contributed by atoms with E-state index in [4.69, 9.17) is 5.73 Å². The zero-order valence-corrected chi connectivity index (χ0v) is 11.7. The van der Waals surface area contributed by atoms with Crippen molar-refractivity contribution in [1.82, 2.24) is 15.1 Å². The van der Waals surface area contributed by atoms with Crippen LogP contribution < -0.4 is 11.1 Å². The third-order valence-corrected chi connectivity index (χ3v) is 4.08. The first-order chi connectivity index (χ1) is 9.29. The Morgan fingerprint density at radius 1 is 1.21 bits per heavy atom. The van der Waals surface area contributed by atoms with E-state index in [0.29, 0.717) is 12.5 Å². The number of allylic oxidation sites excluding steroid dienone is 1. The van der Waals surface area contributed by atoms with E-state index in [2.05, 4.69) is 16.3 Å². The third-order valence-electron chi connectivity index (χ3n) is 4.08. The van der Waals surface area contributed by atoms with Crippen LogP contribution in [-0.4, -0.2) is 55.1 Å². The van der Waals surface area contributed by atoms with Gasteiger partial charge < -0.3 is 16.0 Å². The van der Waals surface area contributed by atoms with Crippen molar-refractivity contribution in [1.29, 1.82) is 0 Å². The molecule has 1 aliphatic heterocycles. The van der Waals surface area contributed by atoms with Crippen LogP contribution in [0.5, 0.6) is 0 Å². The van der Waals surface area contributed by atoms with Crippen LogP contribution in [0, 0.1) is 5.92 Å². The second kappa shape index (κ2) is 7.50. The first-order valence-corrected chi connectivity index (χ1v) is 7.44. The number of nitrogens with zero attached hydrogens (tertiary/aromatic N) is 2. The zero-order valence-electron chi connectivity index (χ0n) is 11.7. The van der Waals surface area contributed by atoms with Crippen LogP contribution in [0.25, 0.3) is 0 Å². The first kappa shape index (κ1) is 14.3. The highest BCUT2D eigenvalue weighted by atomic mass is 16.2. The summed E-state index contributed by atoms with van der Waals surface area (Å²) in [5.74, 6) is 0.668. The summed E-state index contributed by atoms with van der Waals surface area (Å²) in [6.07, 6.45) is 9.17. The molecule has 0 aromatic rings. The molecule has 0 atom stereocenters. The monoisotopic (exact) mass is 266 g/mol. The molecule has 19 heavy (non-hydrogen) atoms. The fourth-order valence-electron chi connectivity index (χ4n) is 2.85. The predicted molar refractivity (Wildman–Crippen MR) is 76.7 cm³/mol. The number of piperazine rings is 1. The van der Waals surface area contributed by atoms with Gasteiger partial charge in [-0.3, -0.25) is 4.90 Å². The number of nitrogens with two attached hydrogens (primary N) is 1. The van der Waals surface area contributed by atoms with Crippen LogP contribution in [0.4, 0.5) is 4.79 Å². The van der Waals surface area contributed by atoms with Crippen LogP contribution in [-0.2, 0) is 0 Å². The van der Waals surface area contributed by atoms with Gasteiger partial charge in [0.1, 0.15) is 0 Å². The number of amides is 2. The minimum Gasteiger partial charge on any atom is -0.329 e. The van der Waals surface area contributed by atoms with Crippen molar-refractivity contribution in [3.05, 3.63) is 12.3 Å². The number of urea groups is 1. The van der Waals surface area contributed by atoms with Gasteiger partial charge in [0.05, 0.1) is 0 Å². The molecule has 0 radical (unpaired) electrons. The van der Waals surface area contributed by atoms with Crippen LogP contribution in [0.1, 0.15) is 25.7 Å². The van der Waals surface area contributed by atoms with Crippen LogP contribution >= 0.6 is 0 Å². The molecule has 0 aromatic heterocycles. The highest BCUT2D eigenvalue weighted by Crippen LogP contribution is 2.25. The molecule has 0 spiro atoms. The maximum atomic E-state index is 12.0. The minimum atomic E-state index is 0.0293. The van der Waals surface area contributed by atoms with E-state index in [-0.39, 0.29) is 6.03 Å². The Bertz CT molecular complexity index is 305. The Labute approximate surface area is 115 Å². The average molecular weight is 266 g/mol. The van der Waals surface area contributed by atoms with Crippen molar-refractivity contribution in [2.75, 3.05) is 39.3 Å². The minimum absolute atomic E-state index is 0.0293. The summed E-state index contributed by atoms with van der Waals surface area (Å²) in [5.41, 5.74) is 5.54. The Morgan fingerprint density at radius 3 is 2.53 bits per heavy atom. The highest BCUT2D eigenvalue weighted by Gasteiger charge is 2.19. The smallest absolute Gasteiger partial charge is 0.321 e. The number of nitrogens with one attached hydrogen (secondary N) is 1. The SMILES string of the molecule is NCCN1CCN(C(=O)N/C=C/C2CCCC2)CC1. The van der Waals surface area contributed by atoms with Gasteiger partial charge in [0.25, 0.3) is 0 Å². The molecule has 108 valence electrons. The summed E-state index contributed by atoms with van der Waals surface area (Å²) in [6.45, 7) is 5.06. The standard InChI is InChI=1S/C14H26N4O/c15-6-8-17-9-11-18(12-10-17)14(19)16-7-5-13-3-1-2-4-13/h5,7,13H,1-4,6,8-12,15H2,(H,16,19)/b7-5+. The lowest BCUT2D eigenvalue weighted by Crippen LogP contribution is -2.51.